The van der Waals surface area contributed by atoms with Crippen molar-refractivity contribution in [3.8, 4) is 33.6 Å². The lowest BCUT2D eigenvalue weighted by Gasteiger charge is -2.22. The molecular weight excluding hydrogens is 1040 g/mol. The summed E-state index contributed by atoms with van der Waals surface area (Å²) in [6, 6.07) is 82.7. The highest BCUT2D eigenvalue weighted by molar-refractivity contribution is 6.33. The van der Waals surface area contributed by atoms with Crippen LogP contribution in [0.4, 0.5) is 0 Å². The zero-order valence-electron chi connectivity index (χ0n) is 50.0. The number of rotatable bonds is 4. The molecule has 0 radical (unpaired) electrons. The first-order chi connectivity index (χ1) is 41.6. The summed E-state index contributed by atoms with van der Waals surface area (Å²) in [6.45, 7) is 21.2. The summed E-state index contributed by atoms with van der Waals surface area (Å²) in [5.74, 6) is 0. The lowest BCUT2D eigenvalue weighted by molar-refractivity contribution is 0.591. The number of benzene rings is 11. The maximum absolute atomic E-state index is 6.17. The van der Waals surface area contributed by atoms with Gasteiger partial charge in [0.2, 0.25) is 0 Å². The van der Waals surface area contributed by atoms with Crippen LogP contribution in [-0.4, -0.2) is 22.9 Å². The molecule has 0 fully saturated rings. The van der Waals surface area contributed by atoms with E-state index in [1.165, 1.54) is 153 Å². The Balaban J connectivity index is 0.987. The van der Waals surface area contributed by atoms with E-state index in [1.807, 2.05) is 0 Å². The fraction of sp³-hybridized carbons (Fsp3) is 0.148. The minimum absolute atomic E-state index is 0.115. The topological polar surface area (TPSA) is 31.6 Å². The normalized spacial score (nSPS) is 13.2. The molecular formula is C81H63N5. The zero-order chi connectivity index (χ0) is 58.0. The van der Waals surface area contributed by atoms with Crippen molar-refractivity contribution in [2.75, 3.05) is 0 Å². The van der Waals surface area contributed by atoms with Gasteiger partial charge in [0.05, 0.1) is 55.2 Å². The van der Waals surface area contributed by atoms with Crippen LogP contribution in [0.2, 0.25) is 0 Å². The Hall–Kier alpha value is -9.97. The van der Waals surface area contributed by atoms with E-state index < -0.39 is 0 Å². The zero-order valence-corrected chi connectivity index (χ0v) is 50.0. The van der Waals surface area contributed by atoms with Crippen LogP contribution in [0.15, 0.2) is 218 Å². The highest BCUT2D eigenvalue weighted by Gasteiger charge is 2.31. The first kappa shape index (κ1) is 49.5. The van der Waals surface area contributed by atoms with E-state index in [-0.39, 0.29) is 16.2 Å². The summed E-state index contributed by atoms with van der Waals surface area (Å²) in [6.07, 6.45) is 0. The molecule has 0 atom stereocenters. The number of nitrogens with zero attached hydrogens (tertiary/aromatic N) is 5. The molecule has 0 saturated carbocycles. The third-order valence-corrected chi connectivity index (χ3v) is 19.4. The number of hydrogen-bond donors (Lipinski definition) is 0. The fourth-order valence-corrected chi connectivity index (χ4v) is 15.1. The number of aromatic nitrogens is 5. The van der Waals surface area contributed by atoms with Crippen LogP contribution < -0.4 is 0 Å². The fourth-order valence-electron chi connectivity index (χ4n) is 15.1. The Morgan fingerprint density at radius 2 is 0.733 bits per heavy atom. The van der Waals surface area contributed by atoms with Crippen LogP contribution in [0.1, 0.15) is 79.0 Å². The van der Waals surface area contributed by atoms with Crippen LogP contribution in [0.5, 0.6) is 0 Å². The van der Waals surface area contributed by atoms with Crippen LogP contribution in [0, 0.1) is 0 Å². The lowest BCUT2D eigenvalue weighted by Crippen LogP contribution is -2.11. The third kappa shape index (κ3) is 6.68. The van der Waals surface area contributed by atoms with Gasteiger partial charge in [-0.2, -0.15) is 0 Å². The van der Waals surface area contributed by atoms with E-state index in [4.69, 9.17) is 4.98 Å². The van der Waals surface area contributed by atoms with Gasteiger partial charge in [0.25, 0.3) is 0 Å². The van der Waals surface area contributed by atoms with Crippen molar-refractivity contribution in [2.45, 2.75) is 78.6 Å². The molecule has 11 aromatic carbocycles. The van der Waals surface area contributed by atoms with Gasteiger partial charge < -0.3 is 13.5 Å². The van der Waals surface area contributed by atoms with Crippen molar-refractivity contribution in [1.29, 1.82) is 0 Å². The molecule has 0 unspecified atom stereocenters. The molecule has 7 aromatic heterocycles. The van der Waals surface area contributed by atoms with Gasteiger partial charge in [0.1, 0.15) is 5.65 Å². The van der Waals surface area contributed by atoms with E-state index >= 15 is 0 Å². The molecule has 412 valence electrons. The third-order valence-electron chi connectivity index (χ3n) is 19.4. The predicted molar refractivity (Wildman–Crippen MR) is 367 cm³/mol. The van der Waals surface area contributed by atoms with Crippen molar-refractivity contribution < 1.29 is 0 Å². The highest BCUT2D eigenvalue weighted by Crippen LogP contribution is 2.51. The van der Waals surface area contributed by atoms with Crippen molar-refractivity contribution in [1.82, 2.24) is 22.9 Å². The summed E-state index contributed by atoms with van der Waals surface area (Å²) in [4.78, 5) is 6.17. The van der Waals surface area contributed by atoms with Crippen molar-refractivity contribution in [3.05, 3.63) is 235 Å². The van der Waals surface area contributed by atoms with Gasteiger partial charge in [-0.05, 0) is 164 Å². The molecule has 18 aromatic rings. The number of para-hydroxylation sites is 4. The predicted octanol–water partition coefficient (Wildman–Crippen LogP) is 22.0. The van der Waals surface area contributed by atoms with Gasteiger partial charge in [0.15, 0.2) is 0 Å². The molecule has 0 aliphatic carbocycles. The molecule has 0 amide bonds. The van der Waals surface area contributed by atoms with Crippen LogP contribution >= 0.6 is 0 Å². The van der Waals surface area contributed by atoms with E-state index in [0.717, 1.165) is 28.1 Å². The SMILES string of the molecule is CC(C)(C)c1cc(-c2ccc3c(c2)c2ccccc2n3-c2ccccc2)c2c(c1)c1cc(C(C)(C)C)cc3c4nc5c(cc4n2c13)c1cc(C(C)(C)C)cc2c3c4ccccc4cc(-c4ccc6c(c4)c4ccccc4n6-c4ccccc4)c3n5c12. The Morgan fingerprint density at radius 1 is 0.291 bits per heavy atom. The minimum atomic E-state index is -0.131. The summed E-state index contributed by atoms with van der Waals surface area (Å²) < 4.78 is 10.0. The molecule has 0 N–H and O–H groups in total. The van der Waals surface area contributed by atoms with Gasteiger partial charge >= 0.3 is 0 Å². The lowest BCUT2D eigenvalue weighted by atomic mass is 9.83. The maximum Gasteiger partial charge on any atom is 0.146 e. The number of hydrogen-bond acceptors (Lipinski definition) is 1. The minimum Gasteiger partial charge on any atom is -0.309 e. The molecule has 0 saturated heterocycles. The average Bonchev–Trinajstić information content (AvgIpc) is 1.59. The van der Waals surface area contributed by atoms with Crippen LogP contribution in [0.3, 0.4) is 0 Å². The summed E-state index contributed by atoms with van der Waals surface area (Å²) >= 11 is 0. The molecule has 18 rings (SSSR count). The molecule has 7 heterocycles. The summed E-state index contributed by atoms with van der Waals surface area (Å²) in [5, 5.41) is 16.1. The summed E-state index contributed by atoms with van der Waals surface area (Å²) in [5.41, 5.74) is 23.5. The largest absolute Gasteiger partial charge is 0.309 e. The van der Waals surface area contributed by atoms with Gasteiger partial charge in [-0.15, -0.1) is 0 Å². The molecule has 86 heavy (non-hydrogen) atoms. The van der Waals surface area contributed by atoms with Crippen molar-refractivity contribution >= 4 is 131 Å². The van der Waals surface area contributed by atoms with E-state index in [2.05, 4.69) is 299 Å². The molecule has 0 aliphatic rings. The van der Waals surface area contributed by atoms with Crippen molar-refractivity contribution in [3.63, 3.8) is 0 Å². The number of fused-ring (bicyclic) bond motifs is 20. The maximum atomic E-state index is 6.17. The highest BCUT2D eigenvalue weighted by atomic mass is 15.0. The van der Waals surface area contributed by atoms with Gasteiger partial charge in [-0.25, -0.2) is 4.98 Å². The molecule has 0 bridgehead atoms. The second-order valence-electron chi connectivity index (χ2n) is 27.6. The quantitative estimate of drug-likeness (QED) is 0.173. The van der Waals surface area contributed by atoms with Crippen LogP contribution in [0.25, 0.3) is 164 Å². The standard InChI is InChI=1S/C81H63N5/c1-79(2,3)49-39-58(48-33-35-70-60(38-48)56-29-19-21-31-68(56)84(70)53-25-14-11-15-26-53)74-61(40-49)62-41-51(81(7,8)9)44-66-73-71(85(74)76(62)66)45-64-63-42-50(80(4,5)6)43-65-72-54-27-17-16-22-46(54)36-57(77(72)86(75(63)65)78(64)82-73)47-32-34-69-59(37-47)55-28-18-20-30-67(55)83(69)52-23-12-10-13-24-52/h10-45H,1-9H3. The Kier molecular flexibility index (Phi) is 9.71. The Morgan fingerprint density at radius 3 is 1.30 bits per heavy atom. The smallest absolute Gasteiger partial charge is 0.146 e. The number of pyridine rings is 1. The van der Waals surface area contributed by atoms with Gasteiger partial charge in [-0.3, -0.25) is 4.40 Å². The Labute approximate surface area is 498 Å². The molecule has 5 heteroatoms. The van der Waals surface area contributed by atoms with Crippen molar-refractivity contribution in [2.24, 2.45) is 0 Å². The van der Waals surface area contributed by atoms with E-state index in [9.17, 15) is 0 Å². The molecule has 0 aliphatic heterocycles. The monoisotopic (exact) mass is 1110 g/mol. The second kappa shape index (κ2) is 16.9. The first-order valence-corrected chi connectivity index (χ1v) is 30.5. The molecule has 5 nitrogen and oxygen atoms in total. The van der Waals surface area contributed by atoms with Crippen LogP contribution in [-0.2, 0) is 16.2 Å². The van der Waals surface area contributed by atoms with Gasteiger partial charge in [-0.1, -0.05) is 172 Å². The van der Waals surface area contributed by atoms with Gasteiger partial charge in [0, 0.05) is 81.8 Å². The average molecular weight is 1110 g/mol. The van der Waals surface area contributed by atoms with E-state index in [1.54, 1.807) is 0 Å². The van der Waals surface area contributed by atoms with E-state index in [0.29, 0.717) is 0 Å². The second-order valence-corrected chi connectivity index (χ2v) is 27.6. The molecule has 0 spiro atoms. The Bertz CT molecular complexity index is 5920. The summed E-state index contributed by atoms with van der Waals surface area (Å²) in [7, 11) is 0. The first-order valence-electron chi connectivity index (χ1n) is 30.5.